The van der Waals surface area contributed by atoms with Gasteiger partial charge >= 0.3 is 12.1 Å². The second kappa shape index (κ2) is 10.8. The third kappa shape index (κ3) is 9.39. The molecule has 0 aliphatic carbocycles. The molecular formula is C20H30FNO4. The number of hydrogen-bond acceptors (Lipinski definition) is 4. The number of nitrogens with zero attached hydrogens (tertiary/aromatic N) is 1. The van der Waals surface area contributed by atoms with Crippen LogP contribution < -0.4 is 0 Å². The van der Waals surface area contributed by atoms with Gasteiger partial charge in [0.1, 0.15) is 11.4 Å². The monoisotopic (exact) mass is 367 g/mol. The van der Waals surface area contributed by atoms with Crippen LogP contribution in [0.5, 0.6) is 0 Å². The van der Waals surface area contributed by atoms with Gasteiger partial charge in [-0.05, 0) is 51.3 Å². The zero-order valence-electron chi connectivity index (χ0n) is 16.2. The molecule has 0 bridgehead atoms. The summed E-state index contributed by atoms with van der Waals surface area (Å²) < 4.78 is 23.2. The first kappa shape index (κ1) is 21.9. The van der Waals surface area contributed by atoms with Crippen LogP contribution in [0.15, 0.2) is 24.3 Å². The molecule has 26 heavy (non-hydrogen) atoms. The van der Waals surface area contributed by atoms with E-state index in [0.29, 0.717) is 19.5 Å². The number of halogens is 1. The smallest absolute Gasteiger partial charge is 0.410 e. The Morgan fingerprint density at radius 3 is 2.23 bits per heavy atom. The zero-order valence-corrected chi connectivity index (χ0v) is 16.2. The molecule has 0 aromatic heterocycles. The van der Waals surface area contributed by atoms with E-state index in [-0.39, 0.29) is 17.9 Å². The summed E-state index contributed by atoms with van der Waals surface area (Å²) in [4.78, 5) is 25.2. The van der Waals surface area contributed by atoms with E-state index in [1.54, 1.807) is 17.0 Å². The Bertz CT molecular complexity index is 566. The number of methoxy groups -OCH3 is 1. The highest BCUT2D eigenvalue weighted by atomic mass is 19.1. The summed E-state index contributed by atoms with van der Waals surface area (Å²) in [6.07, 6.45) is 3.42. The van der Waals surface area contributed by atoms with Gasteiger partial charge in [-0.15, -0.1) is 0 Å². The molecule has 1 rings (SSSR count). The highest BCUT2D eigenvalue weighted by Gasteiger charge is 2.22. The number of rotatable bonds is 9. The molecule has 0 unspecified atom stereocenters. The standard InChI is InChI=1S/C20H30FNO4/c1-20(2,3)26-19(24)22(15-16-10-12-17(21)13-11-16)14-8-6-5-7-9-18(23)25-4/h10-13H,5-9,14-15H2,1-4H3. The van der Waals surface area contributed by atoms with Crippen LogP contribution in [-0.2, 0) is 20.8 Å². The summed E-state index contributed by atoms with van der Waals surface area (Å²) in [5, 5.41) is 0. The molecule has 1 amide bonds. The van der Waals surface area contributed by atoms with E-state index in [1.807, 2.05) is 20.8 Å². The van der Waals surface area contributed by atoms with Crippen molar-refractivity contribution in [3.63, 3.8) is 0 Å². The molecule has 0 saturated carbocycles. The maximum Gasteiger partial charge on any atom is 0.410 e. The van der Waals surface area contributed by atoms with Crippen molar-refractivity contribution in [1.82, 2.24) is 4.90 Å². The molecule has 0 saturated heterocycles. The van der Waals surface area contributed by atoms with Gasteiger partial charge in [0.2, 0.25) is 0 Å². The maximum atomic E-state index is 13.1. The second-order valence-corrected chi connectivity index (χ2v) is 7.27. The summed E-state index contributed by atoms with van der Waals surface area (Å²) in [6, 6.07) is 6.11. The van der Waals surface area contributed by atoms with E-state index in [1.165, 1.54) is 19.2 Å². The average Bonchev–Trinajstić information content (AvgIpc) is 2.56. The van der Waals surface area contributed by atoms with Crippen molar-refractivity contribution in [2.24, 2.45) is 0 Å². The Morgan fingerprint density at radius 1 is 1.04 bits per heavy atom. The summed E-state index contributed by atoms with van der Waals surface area (Å²) in [6.45, 7) is 6.40. The predicted octanol–water partition coefficient (Wildman–Crippen LogP) is 4.69. The van der Waals surface area contributed by atoms with Crippen molar-refractivity contribution in [1.29, 1.82) is 0 Å². The fourth-order valence-corrected chi connectivity index (χ4v) is 2.40. The van der Waals surface area contributed by atoms with Crippen LogP contribution in [0.1, 0.15) is 58.4 Å². The summed E-state index contributed by atoms with van der Waals surface area (Å²) >= 11 is 0. The van der Waals surface area contributed by atoms with E-state index in [9.17, 15) is 14.0 Å². The lowest BCUT2D eigenvalue weighted by atomic mass is 10.1. The average molecular weight is 367 g/mol. The lowest BCUT2D eigenvalue weighted by Gasteiger charge is -2.27. The first-order chi connectivity index (χ1) is 12.2. The fraction of sp³-hybridized carbons (Fsp3) is 0.600. The van der Waals surface area contributed by atoms with Crippen LogP contribution in [0.25, 0.3) is 0 Å². The molecule has 0 spiro atoms. The SMILES string of the molecule is COC(=O)CCCCCCN(Cc1ccc(F)cc1)C(=O)OC(C)(C)C. The normalized spacial score (nSPS) is 11.1. The Hall–Kier alpha value is -2.11. The van der Waals surface area contributed by atoms with Gasteiger partial charge < -0.3 is 14.4 Å². The van der Waals surface area contributed by atoms with E-state index in [4.69, 9.17) is 4.74 Å². The summed E-state index contributed by atoms with van der Waals surface area (Å²) in [5.74, 6) is -0.500. The Labute approximate surface area is 155 Å². The van der Waals surface area contributed by atoms with Gasteiger partial charge in [0.25, 0.3) is 0 Å². The molecule has 0 heterocycles. The van der Waals surface area contributed by atoms with Crippen LogP contribution in [0, 0.1) is 5.82 Å². The fourth-order valence-electron chi connectivity index (χ4n) is 2.40. The van der Waals surface area contributed by atoms with Gasteiger partial charge in [-0.2, -0.15) is 0 Å². The molecule has 6 heteroatoms. The van der Waals surface area contributed by atoms with Crippen LogP contribution in [-0.4, -0.2) is 36.2 Å². The first-order valence-corrected chi connectivity index (χ1v) is 9.00. The van der Waals surface area contributed by atoms with Gasteiger partial charge in [0.15, 0.2) is 0 Å². The molecular weight excluding hydrogens is 337 g/mol. The zero-order chi connectivity index (χ0) is 19.6. The number of unbranched alkanes of at least 4 members (excludes halogenated alkanes) is 3. The Morgan fingerprint density at radius 2 is 1.65 bits per heavy atom. The van der Waals surface area contributed by atoms with Gasteiger partial charge in [-0.1, -0.05) is 25.0 Å². The number of benzene rings is 1. The molecule has 146 valence electrons. The Balaban J connectivity index is 2.53. The number of carbonyl (C=O) groups excluding carboxylic acids is 2. The molecule has 1 aromatic carbocycles. The molecule has 0 radical (unpaired) electrons. The first-order valence-electron chi connectivity index (χ1n) is 9.00. The molecule has 5 nitrogen and oxygen atoms in total. The number of ether oxygens (including phenoxy) is 2. The minimum atomic E-state index is -0.571. The molecule has 0 aliphatic rings. The van der Waals surface area contributed by atoms with Crippen LogP contribution in [0.2, 0.25) is 0 Å². The van der Waals surface area contributed by atoms with Crippen molar-refractivity contribution in [3.05, 3.63) is 35.6 Å². The van der Waals surface area contributed by atoms with Crippen molar-refractivity contribution in [2.75, 3.05) is 13.7 Å². The third-order valence-corrected chi connectivity index (χ3v) is 3.72. The molecule has 0 fully saturated rings. The van der Waals surface area contributed by atoms with Crippen molar-refractivity contribution in [3.8, 4) is 0 Å². The van der Waals surface area contributed by atoms with Gasteiger partial charge in [0, 0.05) is 19.5 Å². The molecule has 0 aliphatic heterocycles. The highest BCUT2D eigenvalue weighted by molar-refractivity contribution is 5.69. The third-order valence-electron chi connectivity index (χ3n) is 3.72. The van der Waals surface area contributed by atoms with Crippen LogP contribution in [0.3, 0.4) is 0 Å². The van der Waals surface area contributed by atoms with Gasteiger partial charge in [-0.25, -0.2) is 9.18 Å². The van der Waals surface area contributed by atoms with Gasteiger partial charge in [-0.3, -0.25) is 4.79 Å². The molecule has 1 aromatic rings. The van der Waals surface area contributed by atoms with E-state index >= 15 is 0 Å². The number of carbonyl (C=O) groups is 2. The van der Waals surface area contributed by atoms with Crippen LogP contribution in [0.4, 0.5) is 9.18 Å². The highest BCUT2D eigenvalue weighted by Crippen LogP contribution is 2.15. The largest absolute Gasteiger partial charge is 0.469 e. The van der Waals surface area contributed by atoms with Crippen molar-refractivity contribution in [2.45, 2.75) is 65.0 Å². The lowest BCUT2D eigenvalue weighted by Crippen LogP contribution is -2.37. The summed E-state index contributed by atoms with van der Waals surface area (Å²) in [5.41, 5.74) is 0.279. The molecule has 0 N–H and O–H groups in total. The van der Waals surface area contributed by atoms with E-state index in [0.717, 1.165) is 31.2 Å². The number of esters is 1. The Kier molecular flexibility index (Phi) is 9.10. The summed E-state index contributed by atoms with van der Waals surface area (Å²) in [7, 11) is 1.39. The molecule has 0 atom stereocenters. The lowest BCUT2D eigenvalue weighted by molar-refractivity contribution is -0.140. The second-order valence-electron chi connectivity index (χ2n) is 7.27. The van der Waals surface area contributed by atoms with Gasteiger partial charge in [0.05, 0.1) is 7.11 Å². The maximum absolute atomic E-state index is 13.1. The van der Waals surface area contributed by atoms with Crippen molar-refractivity contribution < 1.29 is 23.5 Å². The topological polar surface area (TPSA) is 55.8 Å². The van der Waals surface area contributed by atoms with Crippen molar-refractivity contribution >= 4 is 12.1 Å². The number of hydrogen-bond donors (Lipinski definition) is 0. The minimum absolute atomic E-state index is 0.198. The minimum Gasteiger partial charge on any atom is -0.469 e. The van der Waals surface area contributed by atoms with E-state index in [2.05, 4.69) is 4.74 Å². The quantitative estimate of drug-likeness (QED) is 0.469. The number of amides is 1. The van der Waals surface area contributed by atoms with Crippen LogP contribution >= 0.6 is 0 Å². The predicted molar refractivity (Wildman–Crippen MR) is 98.1 cm³/mol. The van der Waals surface area contributed by atoms with E-state index < -0.39 is 5.60 Å².